The molecule has 112 valence electrons. The topological polar surface area (TPSA) is 49.3 Å². The van der Waals surface area contributed by atoms with Crippen molar-refractivity contribution in [1.82, 2.24) is 5.32 Å². The zero-order valence-electron chi connectivity index (χ0n) is 12.6. The predicted octanol–water partition coefficient (Wildman–Crippen LogP) is 2.63. The fourth-order valence-corrected chi connectivity index (χ4v) is 2.20. The van der Waals surface area contributed by atoms with Crippen molar-refractivity contribution in [1.29, 1.82) is 0 Å². The number of halogens is 1. The Morgan fingerprint density at radius 3 is 2.45 bits per heavy atom. The summed E-state index contributed by atoms with van der Waals surface area (Å²) in [6.45, 7) is 7.31. The standard InChI is InChI=1S/C16H24FNO2/c1-11(2)9-12(10-19)18-15(20)16(3,4)13-7-5-6-8-14(13)17/h5-8,11-12,19H,9-10H2,1-4H3,(H,18,20). The highest BCUT2D eigenvalue weighted by atomic mass is 19.1. The van der Waals surface area contributed by atoms with Crippen LogP contribution in [-0.4, -0.2) is 23.7 Å². The molecule has 1 amide bonds. The van der Waals surface area contributed by atoms with Crippen LogP contribution in [0.5, 0.6) is 0 Å². The number of nitrogens with one attached hydrogen (secondary N) is 1. The average molecular weight is 281 g/mol. The highest BCUT2D eigenvalue weighted by Gasteiger charge is 2.33. The van der Waals surface area contributed by atoms with E-state index in [1.54, 1.807) is 32.0 Å². The Bertz CT molecular complexity index is 458. The van der Waals surface area contributed by atoms with Gasteiger partial charge in [0.1, 0.15) is 5.82 Å². The van der Waals surface area contributed by atoms with Crippen LogP contribution in [0.3, 0.4) is 0 Å². The van der Waals surface area contributed by atoms with E-state index in [2.05, 4.69) is 5.32 Å². The van der Waals surface area contributed by atoms with Gasteiger partial charge in [0.25, 0.3) is 0 Å². The predicted molar refractivity (Wildman–Crippen MR) is 77.9 cm³/mol. The quantitative estimate of drug-likeness (QED) is 0.842. The van der Waals surface area contributed by atoms with E-state index in [1.165, 1.54) is 6.07 Å². The van der Waals surface area contributed by atoms with Crippen molar-refractivity contribution in [2.75, 3.05) is 6.61 Å². The van der Waals surface area contributed by atoms with E-state index in [9.17, 15) is 14.3 Å². The lowest BCUT2D eigenvalue weighted by Gasteiger charge is -2.28. The third kappa shape index (κ3) is 4.04. The summed E-state index contributed by atoms with van der Waals surface area (Å²) < 4.78 is 13.8. The van der Waals surface area contributed by atoms with Gasteiger partial charge in [-0.15, -0.1) is 0 Å². The number of hydrogen-bond donors (Lipinski definition) is 2. The summed E-state index contributed by atoms with van der Waals surface area (Å²) in [4.78, 5) is 12.4. The van der Waals surface area contributed by atoms with Crippen molar-refractivity contribution in [3.63, 3.8) is 0 Å². The summed E-state index contributed by atoms with van der Waals surface area (Å²) in [6, 6.07) is 5.98. The molecule has 1 aromatic rings. The summed E-state index contributed by atoms with van der Waals surface area (Å²) in [5, 5.41) is 12.1. The van der Waals surface area contributed by atoms with E-state index in [0.717, 1.165) is 0 Å². The van der Waals surface area contributed by atoms with Gasteiger partial charge in [0, 0.05) is 5.56 Å². The second kappa shape index (κ2) is 6.84. The minimum Gasteiger partial charge on any atom is -0.394 e. The SMILES string of the molecule is CC(C)CC(CO)NC(=O)C(C)(C)c1ccccc1F. The molecule has 0 aliphatic carbocycles. The maximum atomic E-state index is 13.8. The average Bonchev–Trinajstić information content (AvgIpc) is 2.37. The Hall–Kier alpha value is -1.42. The number of amides is 1. The molecule has 1 unspecified atom stereocenters. The molecule has 20 heavy (non-hydrogen) atoms. The molecule has 0 aliphatic heterocycles. The summed E-state index contributed by atoms with van der Waals surface area (Å²) >= 11 is 0. The van der Waals surface area contributed by atoms with E-state index < -0.39 is 11.2 Å². The van der Waals surface area contributed by atoms with Gasteiger partial charge in [0.05, 0.1) is 18.1 Å². The maximum absolute atomic E-state index is 13.8. The molecule has 0 fully saturated rings. The van der Waals surface area contributed by atoms with Gasteiger partial charge < -0.3 is 10.4 Å². The molecule has 1 atom stereocenters. The number of benzene rings is 1. The molecule has 0 aliphatic rings. The van der Waals surface area contributed by atoms with Gasteiger partial charge in [-0.05, 0) is 32.3 Å². The second-order valence-corrected chi connectivity index (χ2v) is 6.09. The molecule has 2 N–H and O–H groups in total. The molecule has 0 saturated carbocycles. The number of carbonyl (C=O) groups excluding carboxylic acids is 1. The summed E-state index contributed by atoms with van der Waals surface area (Å²) in [6.07, 6.45) is 0.690. The van der Waals surface area contributed by atoms with E-state index in [4.69, 9.17) is 0 Å². The van der Waals surface area contributed by atoms with Gasteiger partial charge in [-0.1, -0.05) is 32.0 Å². The lowest BCUT2D eigenvalue weighted by atomic mass is 9.83. The molecular weight excluding hydrogens is 257 g/mol. The molecule has 0 heterocycles. The van der Waals surface area contributed by atoms with E-state index >= 15 is 0 Å². The zero-order chi connectivity index (χ0) is 15.3. The maximum Gasteiger partial charge on any atom is 0.230 e. The van der Waals surface area contributed by atoms with Gasteiger partial charge in [-0.2, -0.15) is 0 Å². The minimum absolute atomic E-state index is 0.114. The van der Waals surface area contributed by atoms with Gasteiger partial charge >= 0.3 is 0 Å². The van der Waals surface area contributed by atoms with Crippen molar-refractivity contribution in [3.8, 4) is 0 Å². The van der Waals surface area contributed by atoms with E-state index in [-0.39, 0.29) is 18.6 Å². The van der Waals surface area contributed by atoms with Crippen LogP contribution in [0.25, 0.3) is 0 Å². The first-order valence-electron chi connectivity index (χ1n) is 6.95. The summed E-state index contributed by atoms with van der Waals surface area (Å²) in [5.41, 5.74) is -0.617. The number of aliphatic hydroxyl groups excluding tert-OH is 1. The van der Waals surface area contributed by atoms with E-state index in [1.807, 2.05) is 13.8 Å². The van der Waals surface area contributed by atoms with Crippen LogP contribution in [0.4, 0.5) is 4.39 Å². The molecule has 0 saturated heterocycles. The van der Waals surface area contributed by atoms with Gasteiger partial charge in [0.15, 0.2) is 0 Å². The van der Waals surface area contributed by atoms with Crippen molar-refractivity contribution < 1.29 is 14.3 Å². The van der Waals surface area contributed by atoms with Gasteiger partial charge in [0.2, 0.25) is 5.91 Å². The van der Waals surface area contributed by atoms with Crippen molar-refractivity contribution in [2.45, 2.75) is 45.6 Å². The van der Waals surface area contributed by atoms with Crippen molar-refractivity contribution in [2.24, 2.45) is 5.92 Å². The molecule has 0 aromatic heterocycles. The van der Waals surface area contributed by atoms with Gasteiger partial charge in [-0.25, -0.2) is 4.39 Å². The first-order valence-corrected chi connectivity index (χ1v) is 6.95. The molecule has 4 heteroatoms. The Morgan fingerprint density at radius 2 is 1.95 bits per heavy atom. The summed E-state index contributed by atoms with van der Waals surface area (Å²) in [5.74, 6) is -0.302. The minimum atomic E-state index is -0.976. The Balaban J connectivity index is 2.87. The Labute approximate surface area is 120 Å². The molecule has 3 nitrogen and oxygen atoms in total. The van der Waals surface area contributed by atoms with Crippen LogP contribution in [0, 0.1) is 11.7 Å². The van der Waals surface area contributed by atoms with E-state index in [0.29, 0.717) is 17.9 Å². The zero-order valence-corrected chi connectivity index (χ0v) is 12.6. The number of aliphatic hydroxyl groups is 1. The van der Waals surface area contributed by atoms with Crippen LogP contribution < -0.4 is 5.32 Å². The van der Waals surface area contributed by atoms with Crippen LogP contribution >= 0.6 is 0 Å². The lowest BCUT2D eigenvalue weighted by Crippen LogP contribution is -2.47. The number of rotatable bonds is 6. The molecule has 1 aromatic carbocycles. The first-order chi connectivity index (χ1) is 9.28. The van der Waals surface area contributed by atoms with Crippen molar-refractivity contribution >= 4 is 5.91 Å². The molecule has 1 rings (SSSR count). The van der Waals surface area contributed by atoms with Crippen LogP contribution in [-0.2, 0) is 10.2 Å². The highest BCUT2D eigenvalue weighted by Crippen LogP contribution is 2.26. The largest absolute Gasteiger partial charge is 0.394 e. The molecule has 0 bridgehead atoms. The third-order valence-corrected chi connectivity index (χ3v) is 3.43. The monoisotopic (exact) mass is 281 g/mol. The number of hydrogen-bond acceptors (Lipinski definition) is 2. The lowest BCUT2D eigenvalue weighted by molar-refractivity contribution is -0.126. The summed E-state index contributed by atoms with van der Waals surface area (Å²) in [7, 11) is 0. The normalized spacial score (nSPS) is 13.3. The van der Waals surface area contributed by atoms with Crippen LogP contribution in [0.1, 0.15) is 39.7 Å². The Kier molecular flexibility index (Phi) is 5.69. The molecule has 0 spiro atoms. The van der Waals surface area contributed by atoms with Crippen molar-refractivity contribution in [3.05, 3.63) is 35.6 Å². The fraction of sp³-hybridized carbons (Fsp3) is 0.562. The smallest absolute Gasteiger partial charge is 0.230 e. The number of carbonyl (C=O) groups is 1. The van der Waals surface area contributed by atoms with Crippen LogP contribution in [0.2, 0.25) is 0 Å². The van der Waals surface area contributed by atoms with Crippen LogP contribution in [0.15, 0.2) is 24.3 Å². The third-order valence-electron chi connectivity index (χ3n) is 3.43. The fourth-order valence-electron chi connectivity index (χ4n) is 2.20. The molecule has 0 radical (unpaired) electrons. The second-order valence-electron chi connectivity index (χ2n) is 6.09. The molecular formula is C16H24FNO2. The Morgan fingerprint density at radius 1 is 1.35 bits per heavy atom. The first kappa shape index (κ1) is 16.6. The highest BCUT2D eigenvalue weighted by molar-refractivity contribution is 5.87. The van der Waals surface area contributed by atoms with Gasteiger partial charge in [-0.3, -0.25) is 4.79 Å².